The number of nitrogens with zero attached hydrogens (tertiary/aromatic N) is 2. The molecule has 21 heavy (non-hydrogen) atoms. The Morgan fingerprint density at radius 1 is 1.38 bits per heavy atom. The van der Waals surface area contributed by atoms with Gasteiger partial charge in [-0.1, -0.05) is 25.1 Å². The molecule has 0 saturated carbocycles. The molecule has 0 fully saturated rings. The van der Waals surface area contributed by atoms with Gasteiger partial charge in [0.1, 0.15) is 0 Å². The monoisotopic (exact) mass is 303 g/mol. The van der Waals surface area contributed by atoms with Crippen LogP contribution in [0.2, 0.25) is 0 Å². The van der Waals surface area contributed by atoms with Gasteiger partial charge in [-0.25, -0.2) is 4.98 Å². The van der Waals surface area contributed by atoms with Gasteiger partial charge in [-0.05, 0) is 25.5 Å². The Morgan fingerprint density at radius 3 is 2.71 bits per heavy atom. The Morgan fingerprint density at radius 2 is 2.10 bits per heavy atom. The average Bonchev–Trinajstić information content (AvgIpc) is 3.01. The molecule has 0 unspecified atom stereocenters. The van der Waals surface area contributed by atoms with Crippen molar-refractivity contribution in [2.24, 2.45) is 0 Å². The maximum Gasteiger partial charge on any atom is 0.240 e. The molecule has 1 heterocycles. The summed E-state index contributed by atoms with van der Waals surface area (Å²) in [6, 6.07) is 9.72. The topological polar surface area (TPSA) is 45.2 Å². The van der Waals surface area contributed by atoms with E-state index >= 15 is 0 Å². The fourth-order valence-corrected chi connectivity index (χ4v) is 2.78. The minimum Gasteiger partial charge on any atom is -0.314 e. The molecular weight excluding hydrogens is 282 g/mol. The quantitative estimate of drug-likeness (QED) is 0.892. The summed E-state index contributed by atoms with van der Waals surface area (Å²) in [5.74, 6) is 0.0407. The summed E-state index contributed by atoms with van der Waals surface area (Å²) in [5.41, 5.74) is 1.91. The SMILES string of the molecule is CCc1nc([C@@H](C)NCC(=O)N(C)c2ccccc2)cs1. The highest BCUT2D eigenvalue weighted by molar-refractivity contribution is 7.09. The first-order valence-corrected chi connectivity index (χ1v) is 7.99. The number of anilines is 1. The molecule has 0 aliphatic heterocycles. The highest BCUT2D eigenvalue weighted by Gasteiger charge is 2.14. The first-order chi connectivity index (χ1) is 10.1. The summed E-state index contributed by atoms with van der Waals surface area (Å²) >= 11 is 1.67. The highest BCUT2D eigenvalue weighted by atomic mass is 32.1. The number of para-hydroxylation sites is 1. The van der Waals surface area contributed by atoms with Crippen molar-refractivity contribution in [3.8, 4) is 0 Å². The number of carbonyl (C=O) groups is 1. The smallest absolute Gasteiger partial charge is 0.240 e. The number of nitrogens with one attached hydrogen (secondary N) is 1. The van der Waals surface area contributed by atoms with Gasteiger partial charge in [0.25, 0.3) is 0 Å². The molecular formula is C16H21N3OS. The van der Waals surface area contributed by atoms with Crippen molar-refractivity contribution in [3.05, 3.63) is 46.4 Å². The van der Waals surface area contributed by atoms with Gasteiger partial charge in [0.05, 0.1) is 17.2 Å². The van der Waals surface area contributed by atoms with Crippen molar-refractivity contribution in [2.75, 3.05) is 18.5 Å². The van der Waals surface area contributed by atoms with Crippen LogP contribution >= 0.6 is 11.3 Å². The molecule has 2 aromatic rings. The van der Waals surface area contributed by atoms with E-state index in [1.807, 2.05) is 37.3 Å². The fraction of sp³-hybridized carbons (Fsp3) is 0.375. The van der Waals surface area contributed by atoms with E-state index in [1.54, 1.807) is 23.3 Å². The zero-order chi connectivity index (χ0) is 15.2. The van der Waals surface area contributed by atoms with E-state index in [4.69, 9.17) is 0 Å². The number of benzene rings is 1. The predicted octanol–water partition coefficient (Wildman–Crippen LogP) is 3.02. The van der Waals surface area contributed by atoms with Crippen LogP contribution < -0.4 is 10.2 Å². The summed E-state index contributed by atoms with van der Waals surface area (Å²) in [4.78, 5) is 18.4. The number of hydrogen-bond acceptors (Lipinski definition) is 4. The standard InChI is InChI=1S/C16H21N3OS/c1-4-15-18-14(11-21-15)12(2)17-10-16(20)19(3)13-8-6-5-7-9-13/h5-9,11-12,17H,4,10H2,1-3H3/t12-/m1/s1. The van der Waals surface area contributed by atoms with Gasteiger partial charge in [-0.3, -0.25) is 4.79 Å². The van der Waals surface area contributed by atoms with Crippen LogP contribution in [0.5, 0.6) is 0 Å². The van der Waals surface area contributed by atoms with Crippen LogP contribution in [-0.2, 0) is 11.2 Å². The third-order valence-electron chi connectivity index (χ3n) is 3.39. The first-order valence-electron chi connectivity index (χ1n) is 7.11. The molecule has 1 aromatic carbocycles. The summed E-state index contributed by atoms with van der Waals surface area (Å²) in [6.45, 7) is 4.43. The lowest BCUT2D eigenvalue weighted by molar-refractivity contribution is -0.117. The summed E-state index contributed by atoms with van der Waals surface area (Å²) in [5, 5.41) is 6.43. The molecule has 0 aliphatic rings. The van der Waals surface area contributed by atoms with E-state index in [2.05, 4.69) is 22.6 Å². The second-order valence-electron chi connectivity index (χ2n) is 4.91. The van der Waals surface area contributed by atoms with Gasteiger partial charge in [0.15, 0.2) is 0 Å². The lowest BCUT2D eigenvalue weighted by Crippen LogP contribution is -2.36. The van der Waals surface area contributed by atoms with E-state index in [9.17, 15) is 4.79 Å². The summed E-state index contributed by atoms with van der Waals surface area (Å²) in [6.07, 6.45) is 0.951. The fourth-order valence-electron chi connectivity index (χ4n) is 1.95. The normalized spacial score (nSPS) is 12.1. The van der Waals surface area contributed by atoms with Crippen LogP contribution in [0, 0.1) is 0 Å². The lowest BCUT2D eigenvalue weighted by atomic mass is 10.2. The molecule has 2 rings (SSSR count). The van der Waals surface area contributed by atoms with E-state index in [1.165, 1.54) is 0 Å². The maximum atomic E-state index is 12.2. The van der Waals surface area contributed by atoms with Crippen LogP contribution in [0.3, 0.4) is 0 Å². The second-order valence-corrected chi connectivity index (χ2v) is 5.85. The van der Waals surface area contributed by atoms with Crippen LogP contribution in [0.15, 0.2) is 35.7 Å². The molecule has 0 spiro atoms. The van der Waals surface area contributed by atoms with E-state index in [0.717, 1.165) is 22.8 Å². The van der Waals surface area contributed by atoms with Crippen molar-refractivity contribution < 1.29 is 4.79 Å². The molecule has 0 bridgehead atoms. The van der Waals surface area contributed by atoms with Crippen molar-refractivity contribution in [1.82, 2.24) is 10.3 Å². The molecule has 1 aromatic heterocycles. The van der Waals surface area contributed by atoms with Gasteiger partial charge in [-0.15, -0.1) is 11.3 Å². The van der Waals surface area contributed by atoms with Crippen molar-refractivity contribution in [3.63, 3.8) is 0 Å². The molecule has 0 aliphatic carbocycles. The molecule has 1 atom stereocenters. The number of thiazole rings is 1. The van der Waals surface area contributed by atoms with Gasteiger partial charge in [0, 0.05) is 24.2 Å². The second kappa shape index (κ2) is 7.33. The molecule has 5 heteroatoms. The molecule has 0 radical (unpaired) electrons. The first kappa shape index (κ1) is 15.7. The number of likely N-dealkylation sites (N-methyl/N-ethyl adjacent to an activating group) is 1. The van der Waals surface area contributed by atoms with Crippen molar-refractivity contribution >= 4 is 22.9 Å². The Hall–Kier alpha value is -1.72. The molecule has 1 amide bonds. The summed E-state index contributed by atoms with van der Waals surface area (Å²) < 4.78 is 0. The van der Waals surface area contributed by atoms with Crippen LogP contribution in [0.4, 0.5) is 5.69 Å². The van der Waals surface area contributed by atoms with Crippen molar-refractivity contribution in [2.45, 2.75) is 26.3 Å². The van der Waals surface area contributed by atoms with Crippen LogP contribution in [0.1, 0.15) is 30.6 Å². The molecule has 1 N–H and O–H groups in total. The lowest BCUT2D eigenvalue weighted by Gasteiger charge is -2.19. The van der Waals surface area contributed by atoms with E-state index in [-0.39, 0.29) is 11.9 Å². The molecule has 0 saturated heterocycles. The van der Waals surface area contributed by atoms with Crippen LogP contribution in [-0.4, -0.2) is 24.5 Å². The van der Waals surface area contributed by atoms with Gasteiger partial charge in [0.2, 0.25) is 5.91 Å². The largest absolute Gasteiger partial charge is 0.314 e. The Labute approximate surface area is 129 Å². The number of carbonyl (C=O) groups excluding carboxylic acids is 1. The van der Waals surface area contributed by atoms with E-state index < -0.39 is 0 Å². The zero-order valence-electron chi connectivity index (χ0n) is 12.7. The molecule has 112 valence electrons. The number of aryl methyl sites for hydroxylation is 1. The number of amides is 1. The van der Waals surface area contributed by atoms with Gasteiger partial charge >= 0.3 is 0 Å². The Balaban J connectivity index is 1.88. The third kappa shape index (κ3) is 4.12. The van der Waals surface area contributed by atoms with Crippen LogP contribution in [0.25, 0.3) is 0 Å². The number of rotatable bonds is 6. The van der Waals surface area contributed by atoms with E-state index in [0.29, 0.717) is 6.54 Å². The number of hydrogen-bond donors (Lipinski definition) is 1. The maximum absolute atomic E-state index is 12.2. The predicted molar refractivity (Wildman–Crippen MR) is 87.8 cm³/mol. The Kier molecular flexibility index (Phi) is 5.47. The average molecular weight is 303 g/mol. The van der Waals surface area contributed by atoms with Gasteiger partial charge in [-0.2, -0.15) is 0 Å². The highest BCUT2D eigenvalue weighted by Crippen LogP contribution is 2.17. The summed E-state index contributed by atoms with van der Waals surface area (Å²) in [7, 11) is 1.79. The van der Waals surface area contributed by atoms with Crippen molar-refractivity contribution in [1.29, 1.82) is 0 Å². The molecule has 4 nitrogen and oxygen atoms in total. The number of aromatic nitrogens is 1. The minimum absolute atomic E-state index is 0.0407. The Bertz CT molecular complexity index is 582. The van der Waals surface area contributed by atoms with Gasteiger partial charge < -0.3 is 10.2 Å². The zero-order valence-corrected chi connectivity index (χ0v) is 13.5. The third-order valence-corrected chi connectivity index (χ3v) is 4.40. The minimum atomic E-state index is 0.0407.